The summed E-state index contributed by atoms with van der Waals surface area (Å²) in [4.78, 5) is 166. The summed E-state index contributed by atoms with van der Waals surface area (Å²) < 4.78 is 38.7. The van der Waals surface area contributed by atoms with Crippen LogP contribution in [0.25, 0.3) is 11.1 Å². The number of benzene rings is 3. The molecule has 2 aliphatic rings. The van der Waals surface area contributed by atoms with E-state index >= 15 is 0 Å². The summed E-state index contributed by atoms with van der Waals surface area (Å²) in [6.45, 7) is 13.6. The highest BCUT2D eigenvalue weighted by Gasteiger charge is 2.62. The van der Waals surface area contributed by atoms with Gasteiger partial charge < -0.3 is 84.3 Å². The SMILES string of the molecule is CC[C@H](C)[C@H](NC(=O)[C@H](N)Cc1ccc(-c2ccc(Oc3ccccc3)cc2)cc1)C(=O)N[C@@H](CO)C(=O)N[C@H](CCC(N)=O)C(=O)N[C@@H](C(=O)N[C@H](C(=O)N[C@@H](CO)C(=O)N[C@H]1C(=O)N[C@@H](C)C(=O)NC2(CC2CC(F)F)C(=O)N[C@@H]([C@@H](C)CC)C(=O)O[C@H]1C)[C@@H](C)CC)[C@@H](C)CC. The van der Waals surface area contributed by atoms with Gasteiger partial charge in [0.25, 0.3) is 0 Å². The van der Waals surface area contributed by atoms with E-state index in [2.05, 4.69) is 53.2 Å². The van der Waals surface area contributed by atoms with Crippen LogP contribution in [0.4, 0.5) is 8.78 Å². The fourth-order valence-electron chi connectivity index (χ4n) is 11.0. The number of ether oxygens (including phenoxy) is 2. The number of carbonyl (C=O) groups excluding carboxylic acids is 12. The second kappa shape index (κ2) is 37.7. The highest BCUT2D eigenvalue weighted by molar-refractivity contribution is 6.01. The van der Waals surface area contributed by atoms with E-state index in [1.807, 2.05) is 78.9 Å². The van der Waals surface area contributed by atoms with Crippen molar-refractivity contribution in [2.75, 3.05) is 13.2 Å². The lowest BCUT2D eigenvalue weighted by Crippen LogP contribution is -2.63. The smallest absolute Gasteiger partial charge is 0.329 e. The van der Waals surface area contributed by atoms with Gasteiger partial charge >= 0.3 is 5.97 Å². The number of aliphatic hydroxyl groups excluding tert-OH is 2. The molecule has 0 aromatic heterocycles. The van der Waals surface area contributed by atoms with Crippen molar-refractivity contribution in [3.63, 3.8) is 0 Å². The molecule has 5 rings (SSSR count). The number of carbonyl (C=O) groups is 12. The van der Waals surface area contributed by atoms with Crippen LogP contribution < -0.4 is 69.4 Å². The second-order valence-corrected chi connectivity index (χ2v) is 25.8. The van der Waals surface area contributed by atoms with Gasteiger partial charge in [0.05, 0.1) is 19.3 Å². The molecule has 1 spiro atoms. The lowest BCUT2D eigenvalue weighted by molar-refractivity contribution is -0.157. The number of hydrogen-bond donors (Lipinski definition) is 14. The molecule has 99 heavy (non-hydrogen) atoms. The molecule has 3 aromatic carbocycles. The summed E-state index contributed by atoms with van der Waals surface area (Å²) in [5, 5.41) is 45.9. The molecule has 28 nitrogen and oxygen atoms in total. The first kappa shape index (κ1) is 80.5. The molecule has 16 N–H and O–H groups in total. The van der Waals surface area contributed by atoms with Crippen LogP contribution >= 0.6 is 0 Å². The van der Waals surface area contributed by atoms with Crippen LogP contribution in [-0.4, -0.2) is 173 Å². The average Bonchev–Trinajstić information content (AvgIpc) is 1.58. The maximum absolute atomic E-state index is 14.5. The number of esters is 1. The van der Waals surface area contributed by atoms with Crippen LogP contribution in [0.15, 0.2) is 78.9 Å². The molecule has 0 bridgehead atoms. The zero-order valence-electron chi connectivity index (χ0n) is 57.6. The van der Waals surface area contributed by atoms with Gasteiger partial charge in [0.2, 0.25) is 71.4 Å². The van der Waals surface area contributed by atoms with Crippen molar-refractivity contribution in [1.82, 2.24) is 53.2 Å². The number of aliphatic hydroxyl groups is 2. The molecule has 1 heterocycles. The van der Waals surface area contributed by atoms with Gasteiger partial charge in [0, 0.05) is 12.8 Å². The predicted octanol–water partition coefficient (Wildman–Crippen LogP) is 1.31. The van der Waals surface area contributed by atoms with E-state index in [0.29, 0.717) is 17.9 Å². The Kier molecular flexibility index (Phi) is 30.7. The molecule has 2 fully saturated rings. The standard InChI is InChI=1S/C69H98F2N12O16/c1-11-35(5)53(78-59(88)47(72)30-41-20-22-42(23-21-41)43-24-26-46(27-25-43)99-45-18-16-15-17-19-45)63(92)76-49(33-84)61(90)75-48(28-29-52(73)86)60(89)79-55(37(7)13-3)65(94)80-54(36(6)12-2)64(93)77-50(34-85)62(91)81-57-40(10)98-67(96)56(38(8)14-4)82-68(97)69(32-44(69)31-51(70)71)83-58(87)39(9)74-66(57)95/h15-27,35-40,44,47-51,53-57,84-85H,11-14,28-34,72H2,1-10H3,(H2,73,86)(H,74,95)(H,75,90)(H,76,92)(H,77,93)(H,78,88)(H,79,89)(H,80,94)(H,81,91)(H,82,97)(H,83,87)/t35-,36-,37-,38-,39-,40-,44?,47+,48+,49-,50-,53-,54-,55+,56-,57+,69?/m0/s1. The Labute approximate surface area is 574 Å². The lowest BCUT2D eigenvalue weighted by Gasteiger charge is -2.31. The zero-order valence-corrected chi connectivity index (χ0v) is 57.6. The van der Waals surface area contributed by atoms with Crippen LogP contribution in [0.3, 0.4) is 0 Å². The minimum Gasteiger partial charge on any atom is -0.458 e. The van der Waals surface area contributed by atoms with E-state index in [1.165, 1.54) is 13.8 Å². The summed E-state index contributed by atoms with van der Waals surface area (Å²) >= 11 is 0. The monoisotopic (exact) mass is 1390 g/mol. The summed E-state index contributed by atoms with van der Waals surface area (Å²) in [5.41, 5.74) is 12.6. The zero-order chi connectivity index (χ0) is 73.6. The second-order valence-electron chi connectivity index (χ2n) is 25.8. The van der Waals surface area contributed by atoms with Gasteiger partial charge in [-0.05, 0) is 104 Å². The number of primary amides is 1. The summed E-state index contributed by atoms with van der Waals surface area (Å²) in [7, 11) is 0. The molecule has 544 valence electrons. The third-order valence-corrected chi connectivity index (χ3v) is 18.4. The van der Waals surface area contributed by atoms with E-state index in [1.54, 1.807) is 55.4 Å². The van der Waals surface area contributed by atoms with Gasteiger partial charge in [-0.1, -0.05) is 136 Å². The highest BCUT2D eigenvalue weighted by atomic mass is 19.3. The minimum atomic E-state index is -2.84. The molecule has 3 aromatic rings. The van der Waals surface area contributed by atoms with Gasteiger partial charge in [-0.25, -0.2) is 13.6 Å². The number of nitrogens with two attached hydrogens (primary N) is 2. The molecule has 1 saturated carbocycles. The Balaban J connectivity index is 1.25. The van der Waals surface area contributed by atoms with Crippen molar-refractivity contribution >= 4 is 70.9 Å². The Bertz CT molecular complexity index is 3300. The van der Waals surface area contributed by atoms with E-state index in [-0.39, 0.29) is 32.1 Å². The number of para-hydroxylation sites is 1. The summed E-state index contributed by atoms with van der Waals surface area (Å²) in [6.07, 6.45) is -5.07. The maximum atomic E-state index is 14.5. The van der Waals surface area contributed by atoms with Crippen molar-refractivity contribution < 1.29 is 86.0 Å². The van der Waals surface area contributed by atoms with Crippen LogP contribution in [0, 0.1) is 29.6 Å². The number of cyclic esters (lactones) is 1. The van der Waals surface area contributed by atoms with E-state index < -0.39 is 212 Å². The number of nitrogens with one attached hydrogen (secondary N) is 10. The molecule has 11 amide bonds. The molecule has 2 unspecified atom stereocenters. The van der Waals surface area contributed by atoms with Gasteiger partial charge in [-0.3, -0.25) is 52.7 Å². The topological polar surface area (TPSA) is 436 Å². The van der Waals surface area contributed by atoms with Crippen LogP contribution in [0.1, 0.15) is 126 Å². The van der Waals surface area contributed by atoms with E-state index in [0.717, 1.165) is 16.7 Å². The molecule has 1 aliphatic heterocycles. The van der Waals surface area contributed by atoms with Gasteiger partial charge in [-0.2, -0.15) is 0 Å². The molecule has 1 saturated heterocycles. The van der Waals surface area contributed by atoms with Gasteiger partial charge in [0.1, 0.15) is 77.5 Å². The third-order valence-electron chi connectivity index (χ3n) is 18.4. The van der Waals surface area contributed by atoms with Crippen molar-refractivity contribution in [2.45, 2.75) is 206 Å². The number of alkyl halides is 2. The summed E-state index contributed by atoms with van der Waals surface area (Å²) in [6, 6.07) is 8.94. The van der Waals surface area contributed by atoms with Crippen molar-refractivity contribution in [2.24, 2.45) is 41.1 Å². The maximum Gasteiger partial charge on any atom is 0.329 e. The van der Waals surface area contributed by atoms with Gasteiger partial charge in [-0.15, -0.1) is 0 Å². The normalized spacial score (nSPS) is 22.0. The number of rotatable bonds is 34. The first-order valence-corrected chi connectivity index (χ1v) is 33.6. The van der Waals surface area contributed by atoms with Crippen LogP contribution in [0.5, 0.6) is 11.5 Å². The van der Waals surface area contributed by atoms with Gasteiger partial charge in [0.15, 0.2) is 0 Å². The molecular weight excluding hydrogens is 1290 g/mol. The van der Waals surface area contributed by atoms with Crippen LogP contribution in [0.2, 0.25) is 0 Å². The predicted molar refractivity (Wildman–Crippen MR) is 359 cm³/mol. The first-order chi connectivity index (χ1) is 46.8. The fourth-order valence-corrected chi connectivity index (χ4v) is 11.0. The number of halogens is 2. The van der Waals surface area contributed by atoms with Crippen molar-refractivity contribution in [1.29, 1.82) is 0 Å². The molecule has 30 heteroatoms. The van der Waals surface area contributed by atoms with E-state index in [4.69, 9.17) is 20.9 Å². The Hall–Kier alpha value is -9.16. The molecule has 0 radical (unpaired) electrons. The Morgan fingerprint density at radius 1 is 0.616 bits per heavy atom. The third kappa shape index (κ3) is 22.7. The Morgan fingerprint density at radius 2 is 1.09 bits per heavy atom. The fraction of sp³-hybridized carbons (Fsp3) is 0.565. The lowest BCUT2D eigenvalue weighted by atomic mass is 9.94. The minimum absolute atomic E-state index is 0.0882. The largest absolute Gasteiger partial charge is 0.458 e. The number of amides is 11. The highest BCUT2D eigenvalue weighted by Crippen LogP contribution is 2.48. The quantitative estimate of drug-likeness (QED) is 0.0375. The average molecular weight is 1390 g/mol. The summed E-state index contributed by atoms with van der Waals surface area (Å²) in [5.74, 6) is -14.1. The molecular formula is C69H98F2N12O16. The van der Waals surface area contributed by atoms with E-state index in [9.17, 15) is 76.5 Å². The first-order valence-electron chi connectivity index (χ1n) is 33.6. The Morgan fingerprint density at radius 3 is 1.60 bits per heavy atom. The molecule has 17 atom stereocenters. The van der Waals surface area contributed by atoms with Crippen molar-refractivity contribution in [3.8, 4) is 22.6 Å². The number of hydrogen-bond acceptors (Lipinski definition) is 17. The van der Waals surface area contributed by atoms with Crippen molar-refractivity contribution in [3.05, 3.63) is 84.4 Å². The molecule has 1 aliphatic carbocycles. The van der Waals surface area contributed by atoms with Crippen LogP contribution in [-0.2, 0) is 68.7 Å².